The van der Waals surface area contributed by atoms with Crippen molar-refractivity contribution in [1.82, 2.24) is 0 Å². The van der Waals surface area contributed by atoms with E-state index in [0.717, 1.165) is 24.7 Å². The summed E-state index contributed by atoms with van der Waals surface area (Å²) in [4.78, 5) is 0. The van der Waals surface area contributed by atoms with Gasteiger partial charge in [0.2, 0.25) is 6.29 Å². The highest BCUT2D eigenvalue weighted by molar-refractivity contribution is 5.38. The molecule has 0 N–H and O–H groups in total. The van der Waals surface area contributed by atoms with Crippen LogP contribution in [0.5, 0.6) is 5.75 Å². The van der Waals surface area contributed by atoms with E-state index in [1.54, 1.807) is 0 Å². The van der Waals surface area contributed by atoms with Crippen LogP contribution in [0, 0.1) is 29.6 Å². The first kappa shape index (κ1) is 26.2. The van der Waals surface area contributed by atoms with Crippen LogP contribution in [0.25, 0.3) is 0 Å². The molecule has 0 saturated heterocycles. The molecule has 2 heteroatoms. The van der Waals surface area contributed by atoms with E-state index in [-0.39, 0.29) is 17.1 Å². The van der Waals surface area contributed by atoms with Crippen LogP contribution in [-0.4, -0.2) is 12.9 Å². The molecule has 1 aliphatic rings. The fourth-order valence-electron chi connectivity index (χ4n) is 4.88. The first-order valence-corrected chi connectivity index (χ1v) is 12.8. The van der Waals surface area contributed by atoms with Gasteiger partial charge in [0.05, 0.1) is 6.61 Å². The minimum absolute atomic E-state index is 0.0662. The standard InChI is InChI=1S/C29H50O2/c1-21(2)19-25(28(4,5)6)24-15-16-26(22(3)20-24)31-27(29(7,8)9)30-18-17-23-13-11-10-12-14-23/h15-16,20-21,23,25,27H,10-14,17-19H2,1-9H3. The van der Waals surface area contributed by atoms with Crippen LogP contribution in [0.2, 0.25) is 0 Å². The first-order chi connectivity index (χ1) is 14.4. The molecule has 0 amide bonds. The third-order valence-electron chi connectivity index (χ3n) is 6.82. The second-order valence-electron chi connectivity index (χ2n) is 12.6. The molecule has 1 fully saturated rings. The van der Waals surface area contributed by atoms with E-state index in [1.807, 2.05) is 0 Å². The highest BCUT2D eigenvalue weighted by Gasteiger charge is 2.30. The molecule has 1 aliphatic carbocycles. The van der Waals surface area contributed by atoms with Gasteiger partial charge in [-0.3, -0.25) is 0 Å². The fourth-order valence-corrected chi connectivity index (χ4v) is 4.88. The van der Waals surface area contributed by atoms with E-state index in [2.05, 4.69) is 80.5 Å². The molecule has 0 heterocycles. The topological polar surface area (TPSA) is 18.5 Å². The lowest BCUT2D eigenvalue weighted by atomic mass is 9.72. The Morgan fingerprint density at radius 3 is 2.10 bits per heavy atom. The Kier molecular flexibility index (Phi) is 9.49. The lowest BCUT2D eigenvalue weighted by Crippen LogP contribution is -2.35. The molecule has 2 nitrogen and oxygen atoms in total. The predicted molar refractivity (Wildman–Crippen MR) is 134 cm³/mol. The number of hydrogen-bond donors (Lipinski definition) is 0. The summed E-state index contributed by atoms with van der Waals surface area (Å²) in [6.07, 6.45) is 9.08. The Morgan fingerprint density at radius 2 is 1.58 bits per heavy atom. The molecule has 0 spiro atoms. The van der Waals surface area contributed by atoms with Crippen LogP contribution >= 0.6 is 0 Å². The summed E-state index contributed by atoms with van der Waals surface area (Å²) >= 11 is 0. The molecule has 2 unspecified atom stereocenters. The maximum Gasteiger partial charge on any atom is 0.204 e. The average molecular weight is 431 g/mol. The van der Waals surface area contributed by atoms with Gasteiger partial charge < -0.3 is 9.47 Å². The zero-order valence-electron chi connectivity index (χ0n) is 22.0. The van der Waals surface area contributed by atoms with Gasteiger partial charge in [0, 0.05) is 5.41 Å². The van der Waals surface area contributed by atoms with Crippen LogP contribution in [0.1, 0.15) is 117 Å². The summed E-state index contributed by atoms with van der Waals surface area (Å²) in [6, 6.07) is 6.80. The summed E-state index contributed by atoms with van der Waals surface area (Å²) in [5.41, 5.74) is 2.82. The van der Waals surface area contributed by atoms with Gasteiger partial charge in [-0.15, -0.1) is 0 Å². The minimum atomic E-state index is -0.227. The normalized spacial score (nSPS) is 18.3. The monoisotopic (exact) mass is 430 g/mol. The minimum Gasteiger partial charge on any atom is -0.464 e. The fraction of sp³-hybridized carbons (Fsp3) is 0.793. The number of benzene rings is 1. The van der Waals surface area contributed by atoms with Crippen molar-refractivity contribution in [2.24, 2.45) is 22.7 Å². The van der Waals surface area contributed by atoms with Crippen molar-refractivity contribution in [1.29, 1.82) is 0 Å². The van der Waals surface area contributed by atoms with E-state index < -0.39 is 0 Å². The number of ether oxygens (including phenoxy) is 2. The molecular weight excluding hydrogens is 380 g/mol. The molecule has 2 rings (SSSR count). The number of hydrogen-bond acceptors (Lipinski definition) is 2. The Hall–Kier alpha value is -1.02. The summed E-state index contributed by atoms with van der Waals surface area (Å²) in [5, 5.41) is 0. The number of aryl methyl sites for hydroxylation is 1. The van der Waals surface area contributed by atoms with Gasteiger partial charge in [0.1, 0.15) is 5.75 Å². The first-order valence-electron chi connectivity index (χ1n) is 12.8. The summed E-state index contributed by atoms with van der Waals surface area (Å²) < 4.78 is 12.8. The van der Waals surface area contributed by atoms with Crippen LogP contribution in [0.15, 0.2) is 18.2 Å². The average Bonchev–Trinajstić information content (AvgIpc) is 2.65. The van der Waals surface area contributed by atoms with Gasteiger partial charge in [0.15, 0.2) is 0 Å². The predicted octanol–water partition coefficient (Wildman–Crippen LogP) is 8.91. The van der Waals surface area contributed by atoms with Gasteiger partial charge in [-0.25, -0.2) is 0 Å². The van der Waals surface area contributed by atoms with E-state index in [0.29, 0.717) is 11.8 Å². The maximum atomic E-state index is 6.48. The van der Waals surface area contributed by atoms with Gasteiger partial charge in [-0.1, -0.05) is 99.6 Å². The smallest absolute Gasteiger partial charge is 0.204 e. The van der Waals surface area contributed by atoms with Crippen LogP contribution in [0.3, 0.4) is 0 Å². The number of rotatable bonds is 9. The molecule has 1 saturated carbocycles. The van der Waals surface area contributed by atoms with Gasteiger partial charge in [-0.05, 0) is 60.1 Å². The van der Waals surface area contributed by atoms with Crippen molar-refractivity contribution in [2.75, 3.05) is 6.61 Å². The van der Waals surface area contributed by atoms with E-state index >= 15 is 0 Å². The molecule has 1 aromatic carbocycles. The van der Waals surface area contributed by atoms with Gasteiger partial charge >= 0.3 is 0 Å². The second kappa shape index (κ2) is 11.2. The lowest BCUT2D eigenvalue weighted by Gasteiger charge is -2.34. The molecule has 0 radical (unpaired) electrons. The largest absolute Gasteiger partial charge is 0.464 e. The third-order valence-corrected chi connectivity index (χ3v) is 6.82. The van der Waals surface area contributed by atoms with Crippen molar-refractivity contribution in [3.8, 4) is 5.75 Å². The van der Waals surface area contributed by atoms with Crippen molar-refractivity contribution >= 4 is 0 Å². The zero-order valence-corrected chi connectivity index (χ0v) is 22.0. The van der Waals surface area contributed by atoms with Crippen molar-refractivity contribution in [3.05, 3.63) is 29.3 Å². The van der Waals surface area contributed by atoms with E-state index in [4.69, 9.17) is 9.47 Å². The lowest BCUT2D eigenvalue weighted by molar-refractivity contribution is -0.144. The van der Waals surface area contributed by atoms with Gasteiger partial charge in [0.25, 0.3) is 0 Å². The summed E-state index contributed by atoms with van der Waals surface area (Å²) in [5.74, 6) is 3.03. The Morgan fingerprint density at radius 1 is 0.935 bits per heavy atom. The Balaban J connectivity index is 2.08. The van der Waals surface area contributed by atoms with E-state index in [9.17, 15) is 0 Å². The van der Waals surface area contributed by atoms with E-state index in [1.165, 1.54) is 49.7 Å². The van der Waals surface area contributed by atoms with Gasteiger partial charge in [-0.2, -0.15) is 0 Å². The Labute approximate surface area is 193 Å². The molecule has 31 heavy (non-hydrogen) atoms. The van der Waals surface area contributed by atoms with Crippen LogP contribution in [0.4, 0.5) is 0 Å². The highest BCUT2D eigenvalue weighted by Crippen LogP contribution is 2.41. The molecule has 0 aromatic heterocycles. The summed E-state index contributed by atoms with van der Waals surface area (Å²) in [6.45, 7) is 21.3. The highest BCUT2D eigenvalue weighted by atomic mass is 16.7. The van der Waals surface area contributed by atoms with Crippen molar-refractivity contribution in [3.63, 3.8) is 0 Å². The second-order valence-corrected chi connectivity index (χ2v) is 12.6. The molecule has 1 aromatic rings. The zero-order chi connectivity index (χ0) is 23.2. The Bertz CT molecular complexity index is 656. The van der Waals surface area contributed by atoms with Crippen LogP contribution < -0.4 is 4.74 Å². The summed E-state index contributed by atoms with van der Waals surface area (Å²) in [7, 11) is 0. The molecule has 0 aliphatic heterocycles. The third kappa shape index (κ3) is 8.44. The molecule has 0 bridgehead atoms. The van der Waals surface area contributed by atoms with Crippen molar-refractivity contribution in [2.45, 2.75) is 119 Å². The molecule has 178 valence electrons. The maximum absolute atomic E-state index is 6.48. The SMILES string of the molecule is Cc1cc(C(CC(C)C)C(C)(C)C)ccc1OC(OCCC1CCCCC1)C(C)(C)C. The quantitative estimate of drug-likeness (QED) is 0.364. The molecule has 2 atom stereocenters. The molecular formula is C29H50O2. The van der Waals surface area contributed by atoms with Crippen molar-refractivity contribution < 1.29 is 9.47 Å². The van der Waals surface area contributed by atoms with Crippen LogP contribution in [-0.2, 0) is 4.74 Å².